The van der Waals surface area contributed by atoms with Crippen molar-refractivity contribution >= 4 is 17.2 Å². The van der Waals surface area contributed by atoms with Crippen LogP contribution in [0, 0.1) is 0 Å². The fourth-order valence-corrected chi connectivity index (χ4v) is 3.12. The van der Waals surface area contributed by atoms with E-state index in [4.69, 9.17) is 16.5 Å². The summed E-state index contributed by atoms with van der Waals surface area (Å²) in [6.45, 7) is 5.90. The van der Waals surface area contributed by atoms with E-state index in [0.29, 0.717) is 0 Å². The molecule has 0 spiro atoms. The topological polar surface area (TPSA) is 100 Å². The normalized spacial score (nSPS) is 15.5. The number of amidine groups is 1. The maximum absolute atomic E-state index is 5.88. The van der Waals surface area contributed by atoms with Crippen LogP contribution in [-0.2, 0) is 6.42 Å². The predicted molar refractivity (Wildman–Crippen MR) is 113 cm³/mol. The van der Waals surface area contributed by atoms with E-state index in [0.717, 1.165) is 88.6 Å². The molecular weight excluding hydrogens is 324 g/mol. The van der Waals surface area contributed by atoms with E-state index in [1.165, 1.54) is 18.4 Å². The van der Waals surface area contributed by atoms with Gasteiger partial charge in [0.25, 0.3) is 0 Å². The van der Waals surface area contributed by atoms with Gasteiger partial charge in [0.15, 0.2) is 0 Å². The fraction of sp³-hybridized carbons (Fsp3) is 0.650. The van der Waals surface area contributed by atoms with Crippen molar-refractivity contribution < 1.29 is 0 Å². The Kier molecular flexibility index (Phi) is 10.1. The first-order valence-corrected chi connectivity index (χ1v) is 10.1. The van der Waals surface area contributed by atoms with Gasteiger partial charge in [-0.05, 0) is 95.0 Å². The fourth-order valence-electron chi connectivity index (χ4n) is 3.12. The number of hydrogen-bond donors (Lipinski definition) is 5. The number of hydrogen-bond acceptors (Lipinski definition) is 5. The number of aliphatic imine (C=N–C) groups is 1. The van der Waals surface area contributed by atoms with E-state index in [9.17, 15) is 0 Å². The highest BCUT2D eigenvalue weighted by Gasteiger charge is 2.11. The van der Waals surface area contributed by atoms with Crippen LogP contribution in [0.4, 0.5) is 11.4 Å². The van der Waals surface area contributed by atoms with Gasteiger partial charge in [-0.3, -0.25) is 4.99 Å². The molecule has 0 fully saturated rings. The largest absolute Gasteiger partial charge is 0.399 e. The Morgan fingerprint density at radius 2 is 1.69 bits per heavy atom. The zero-order valence-corrected chi connectivity index (χ0v) is 16.0. The van der Waals surface area contributed by atoms with Crippen molar-refractivity contribution in [2.75, 3.05) is 50.3 Å². The zero-order chi connectivity index (χ0) is 18.5. The quantitative estimate of drug-likeness (QED) is 0.290. The summed E-state index contributed by atoms with van der Waals surface area (Å²) in [6, 6.07) is 6.09. The van der Waals surface area contributed by atoms with Crippen molar-refractivity contribution in [1.82, 2.24) is 10.6 Å². The lowest BCUT2D eigenvalue weighted by atomic mass is 10.1. The molecule has 0 amide bonds. The molecule has 0 unspecified atom stereocenters. The minimum absolute atomic E-state index is 0.773. The molecule has 1 aromatic rings. The number of nitrogens with two attached hydrogens (primary N) is 2. The number of rotatable bonds is 12. The molecule has 1 heterocycles. The maximum Gasteiger partial charge on any atom is 0.101 e. The van der Waals surface area contributed by atoms with Gasteiger partial charge in [-0.15, -0.1) is 0 Å². The van der Waals surface area contributed by atoms with Gasteiger partial charge in [-0.25, -0.2) is 0 Å². The van der Waals surface area contributed by atoms with E-state index in [2.05, 4.69) is 28.1 Å². The molecule has 0 bridgehead atoms. The third kappa shape index (κ3) is 8.17. The third-order valence-electron chi connectivity index (χ3n) is 4.60. The van der Waals surface area contributed by atoms with Gasteiger partial charge in [-0.1, -0.05) is 0 Å². The molecule has 0 atom stereocenters. The molecule has 0 aliphatic carbocycles. The zero-order valence-electron chi connectivity index (χ0n) is 16.0. The van der Waals surface area contributed by atoms with Crippen molar-refractivity contribution in [1.29, 1.82) is 0 Å². The molecule has 1 aliphatic heterocycles. The standard InChI is InChI=1S/C20H36N6/c21-10-4-13-23-11-1-2-12-24-14-5-15-25-20-7-3-6-17-16-18(22)8-9-19(17)26-20/h8-9,16,23-24H,1-7,10-15,21-22H2,(H,25,26). The van der Waals surface area contributed by atoms with Gasteiger partial charge in [-0.2, -0.15) is 0 Å². The number of benzene rings is 1. The van der Waals surface area contributed by atoms with Crippen LogP contribution in [0.2, 0.25) is 0 Å². The molecule has 0 saturated carbocycles. The van der Waals surface area contributed by atoms with Crippen molar-refractivity contribution in [2.24, 2.45) is 10.7 Å². The molecule has 26 heavy (non-hydrogen) atoms. The number of nitrogens with one attached hydrogen (secondary N) is 3. The molecule has 1 aromatic carbocycles. The highest BCUT2D eigenvalue weighted by atomic mass is 15.0. The number of nitrogens with zero attached hydrogens (tertiary/aromatic N) is 1. The summed E-state index contributed by atoms with van der Waals surface area (Å²) in [6.07, 6.45) is 7.77. The van der Waals surface area contributed by atoms with Gasteiger partial charge in [0.1, 0.15) is 5.84 Å². The molecule has 0 radical (unpaired) electrons. The van der Waals surface area contributed by atoms with Crippen LogP contribution in [0.1, 0.15) is 44.1 Å². The number of fused-ring (bicyclic) bond motifs is 1. The highest BCUT2D eigenvalue weighted by Crippen LogP contribution is 2.24. The van der Waals surface area contributed by atoms with Crippen molar-refractivity contribution in [3.63, 3.8) is 0 Å². The van der Waals surface area contributed by atoms with E-state index in [1.807, 2.05) is 6.07 Å². The molecule has 2 rings (SSSR count). The highest BCUT2D eigenvalue weighted by molar-refractivity contribution is 5.96. The summed E-state index contributed by atoms with van der Waals surface area (Å²) in [5.74, 6) is 1.11. The van der Waals surface area contributed by atoms with Gasteiger partial charge >= 0.3 is 0 Å². The van der Waals surface area contributed by atoms with E-state index in [1.54, 1.807) is 0 Å². The second-order valence-corrected chi connectivity index (χ2v) is 6.93. The maximum atomic E-state index is 5.88. The summed E-state index contributed by atoms with van der Waals surface area (Å²) in [5, 5.41) is 10.4. The monoisotopic (exact) mass is 360 g/mol. The molecule has 1 aliphatic rings. The molecule has 0 saturated heterocycles. The Morgan fingerprint density at radius 1 is 0.962 bits per heavy atom. The minimum atomic E-state index is 0.773. The van der Waals surface area contributed by atoms with Gasteiger partial charge in [0.2, 0.25) is 0 Å². The number of unbranched alkanes of at least 4 members (excludes halogenated alkanes) is 1. The Bertz CT molecular complexity index is 543. The van der Waals surface area contributed by atoms with Crippen LogP contribution in [0.5, 0.6) is 0 Å². The summed E-state index contributed by atoms with van der Waals surface area (Å²) < 4.78 is 0. The van der Waals surface area contributed by atoms with Crippen LogP contribution >= 0.6 is 0 Å². The molecule has 7 N–H and O–H groups in total. The third-order valence-corrected chi connectivity index (χ3v) is 4.60. The predicted octanol–water partition coefficient (Wildman–Crippen LogP) is 2.11. The Morgan fingerprint density at radius 3 is 2.46 bits per heavy atom. The summed E-state index contributed by atoms with van der Waals surface area (Å²) in [7, 11) is 0. The second kappa shape index (κ2) is 12.7. The van der Waals surface area contributed by atoms with E-state index >= 15 is 0 Å². The van der Waals surface area contributed by atoms with Crippen LogP contribution in [-0.4, -0.2) is 45.1 Å². The molecule has 6 nitrogen and oxygen atoms in total. The van der Waals surface area contributed by atoms with Crippen LogP contribution in [0.15, 0.2) is 23.2 Å². The van der Waals surface area contributed by atoms with Crippen molar-refractivity contribution in [3.05, 3.63) is 23.8 Å². The van der Waals surface area contributed by atoms with Crippen molar-refractivity contribution in [2.45, 2.75) is 44.9 Å². The summed E-state index contributed by atoms with van der Waals surface area (Å²) in [5.41, 5.74) is 14.6. The Balaban J connectivity index is 1.53. The number of nitrogen functional groups attached to an aromatic ring is 1. The average molecular weight is 361 g/mol. The van der Waals surface area contributed by atoms with Crippen LogP contribution < -0.4 is 27.4 Å². The summed E-state index contributed by atoms with van der Waals surface area (Å²) in [4.78, 5) is 4.75. The smallest absolute Gasteiger partial charge is 0.101 e. The number of aryl methyl sites for hydroxylation is 1. The minimum Gasteiger partial charge on any atom is -0.399 e. The van der Waals surface area contributed by atoms with Crippen LogP contribution in [0.3, 0.4) is 0 Å². The molecular formula is C20H36N6. The van der Waals surface area contributed by atoms with Crippen molar-refractivity contribution in [3.8, 4) is 0 Å². The molecule has 6 heteroatoms. The SMILES string of the molecule is NCCCNCCCCNCCCN=C1CCCc2cc(N)ccc2N1. The average Bonchev–Trinajstić information content (AvgIpc) is 2.84. The number of anilines is 2. The van der Waals surface area contributed by atoms with E-state index in [-0.39, 0.29) is 0 Å². The lowest BCUT2D eigenvalue weighted by Gasteiger charge is -2.10. The van der Waals surface area contributed by atoms with Crippen LogP contribution in [0.25, 0.3) is 0 Å². The van der Waals surface area contributed by atoms with Gasteiger partial charge in [0, 0.05) is 24.3 Å². The van der Waals surface area contributed by atoms with E-state index < -0.39 is 0 Å². The summed E-state index contributed by atoms with van der Waals surface area (Å²) >= 11 is 0. The first kappa shape index (κ1) is 20.7. The Hall–Kier alpha value is -1.63. The Labute approximate surface area is 158 Å². The van der Waals surface area contributed by atoms with Gasteiger partial charge < -0.3 is 27.4 Å². The first-order valence-electron chi connectivity index (χ1n) is 10.1. The lowest BCUT2D eigenvalue weighted by molar-refractivity contribution is 0.570. The second-order valence-electron chi connectivity index (χ2n) is 6.93. The van der Waals surface area contributed by atoms with Gasteiger partial charge in [0.05, 0.1) is 0 Å². The molecule has 0 aromatic heterocycles. The first-order chi connectivity index (χ1) is 12.8. The molecule has 146 valence electrons. The lowest BCUT2D eigenvalue weighted by Crippen LogP contribution is -2.22.